The summed E-state index contributed by atoms with van der Waals surface area (Å²) in [6.45, 7) is -1.07. The number of hydrogen-bond acceptors (Lipinski definition) is 44. The van der Waals surface area contributed by atoms with E-state index in [1.165, 1.54) is 25.3 Å². The molecule has 1 aromatic carbocycles. The molecule has 0 saturated carbocycles. The van der Waals surface area contributed by atoms with Gasteiger partial charge in [0, 0.05) is 71.8 Å². The lowest BCUT2D eigenvalue weighted by atomic mass is 9.97. The average Bonchev–Trinajstić information content (AvgIpc) is 0.789. The molecule has 5 rings (SSSR count). The molecule has 52 heteroatoms. The molecule has 4 fully saturated rings. The maximum absolute atomic E-state index is 12.4. The van der Waals surface area contributed by atoms with Crippen LogP contribution in [-0.4, -0.2) is 492 Å². The Hall–Kier alpha value is -7.23. The highest BCUT2D eigenvalue weighted by molar-refractivity contribution is 5.90. The first kappa shape index (κ1) is 113. The SMILES string of the molecule is COC(=O)c1cc(OCCNC(=O)COCC(=O)NCCCOCCOCCOCCCNC(=O)COCC(=O)NCCCO[C@@H]2O[C@H](CO)[C@H](O[C@H]3O[C@H](CO)[C@H](O)[C@H](O)[C@H]3O)[C@H](O)[C@H]2O)cc(OCCNC(=O)COCC(=O)NCCCOCCOCCOCCCNC(=O)COCC(=O)NCCCO[C@@H]2O[C@H](CO)[C@H](O[C@H]3O[C@H](CO)[C@H](O)[C@H](O)[C@H]3O)[C@H](O)[C@H]2O)c1. The monoisotopic (exact) mass is 1880 g/mol. The fourth-order valence-corrected chi connectivity index (χ4v) is 12.1. The van der Waals surface area contributed by atoms with E-state index in [0.717, 1.165) is 0 Å². The van der Waals surface area contributed by atoms with Crippen LogP contribution in [0.4, 0.5) is 0 Å². The zero-order valence-electron chi connectivity index (χ0n) is 72.5. The molecule has 8 amide bonds. The molecule has 0 aliphatic carbocycles. The number of nitrogens with one attached hydrogen (secondary N) is 8. The van der Waals surface area contributed by atoms with Crippen LogP contribution in [0, 0.1) is 0 Å². The van der Waals surface area contributed by atoms with Gasteiger partial charge in [-0.05, 0) is 50.7 Å². The predicted octanol–water partition coefficient (Wildman–Crippen LogP) is -13.1. The third-order valence-electron chi connectivity index (χ3n) is 19.0. The minimum absolute atomic E-state index is 0.0303. The molecule has 0 spiro atoms. The standard InChI is InChI=1S/C78H132N8O44/c1-110-74(109)47-32-48(121-22-14-85-60(97)45-119-41-56(93)81-10-4-18-113-26-30-115-28-24-111-16-2-8-79-54(91)39-117-43-58(95)83-12-6-20-123-75-70(107)66(103)72(52(37-89)127-75)129-77-68(105)64(101)62(99)50(35-87)125-77)34-49(33-47)122-23-15-86-61(98)46-120-42-57(94)82-11-5-19-114-27-31-116-29-25-112-17-3-9-80-55(92)40-118-44-59(96)84-13-7-21-124-76-71(108)67(104)73(53(38-90)128-76)130-78-69(106)65(102)63(100)51(36-88)126-78/h32-34,50-53,62-73,75-78,87-90,99-108H,2-31,35-46H2,1H3,(H,79,91)(H,80,92)(H,81,93)(H,82,94)(H,83,95)(H,84,96)(H,85,97)(H,86,98)/t50-,51-,52-,53-,62+,63+,64+,65+,66-,67-,68-,69-,70-,71-,72+,73+,75-,76-,77-,78-/m1/s1. The fraction of sp³-hybridized carbons (Fsp3) is 0.808. The largest absolute Gasteiger partial charge is 0.492 e. The molecule has 748 valence electrons. The van der Waals surface area contributed by atoms with Crippen LogP contribution in [0.5, 0.6) is 11.5 Å². The normalized spacial score (nSPS) is 25.5. The van der Waals surface area contributed by atoms with Crippen LogP contribution in [0.25, 0.3) is 0 Å². The molecule has 52 nitrogen and oxygen atoms in total. The zero-order chi connectivity index (χ0) is 94.8. The highest BCUT2D eigenvalue weighted by atomic mass is 16.8. The molecule has 130 heavy (non-hydrogen) atoms. The summed E-state index contributed by atoms with van der Waals surface area (Å²) in [5, 5.41) is 163. The molecule has 22 N–H and O–H groups in total. The first-order valence-corrected chi connectivity index (χ1v) is 42.5. The molecule has 0 radical (unpaired) electrons. The molecular weight excluding hydrogens is 1750 g/mol. The van der Waals surface area contributed by atoms with Gasteiger partial charge in [-0.3, -0.25) is 38.4 Å². The van der Waals surface area contributed by atoms with Gasteiger partial charge >= 0.3 is 5.97 Å². The second-order valence-electron chi connectivity index (χ2n) is 29.2. The summed E-state index contributed by atoms with van der Waals surface area (Å²) in [7, 11) is 1.20. The number of methoxy groups -OCH3 is 1. The Morgan fingerprint density at radius 3 is 0.792 bits per heavy atom. The molecule has 0 unspecified atom stereocenters. The van der Waals surface area contributed by atoms with Crippen molar-refractivity contribution in [2.75, 3.05) is 244 Å². The minimum atomic E-state index is -1.81. The number of amides is 8. The van der Waals surface area contributed by atoms with Crippen molar-refractivity contribution in [3.05, 3.63) is 23.8 Å². The van der Waals surface area contributed by atoms with E-state index in [9.17, 15) is 115 Å². The van der Waals surface area contributed by atoms with Crippen molar-refractivity contribution >= 4 is 53.2 Å². The molecule has 0 bridgehead atoms. The van der Waals surface area contributed by atoms with E-state index in [4.69, 9.17) is 99.5 Å². The zero-order valence-corrected chi connectivity index (χ0v) is 72.5. The van der Waals surface area contributed by atoms with Crippen molar-refractivity contribution < 1.29 is 214 Å². The number of aliphatic hydroxyl groups excluding tert-OH is 14. The number of carbonyl (C=O) groups is 9. The van der Waals surface area contributed by atoms with Crippen molar-refractivity contribution in [2.45, 2.75) is 161 Å². The van der Waals surface area contributed by atoms with Crippen LogP contribution in [-0.2, 0) is 128 Å². The smallest absolute Gasteiger partial charge is 0.338 e. The van der Waals surface area contributed by atoms with Crippen molar-refractivity contribution in [2.24, 2.45) is 0 Å². The quantitative estimate of drug-likeness (QED) is 0.0213. The summed E-state index contributed by atoms with van der Waals surface area (Å²) in [6.07, 6.45) is -29.4. The lowest BCUT2D eigenvalue weighted by Gasteiger charge is -2.45. The number of benzene rings is 1. The molecular formula is C78H132N8O44. The van der Waals surface area contributed by atoms with Crippen LogP contribution >= 0.6 is 0 Å². The van der Waals surface area contributed by atoms with Crippen molar-refractivity contribution in [3.8, 4) is 11.5 Å². The third kappa shape index (κ3) is 44.7. The van der Waals surface area contributed by atoms with Crippen molar-refractivity contribution in [1.82, 2.24) is 42.5 Å². The Kier molecular flexibility index (Phi) is 58.4. The topological polar surface area (TPSA) is 727 Å². The molecule has 4 aliphatic rings. The van der Waals surface area contributed by atoms with Gasteiger partial charge in [-0.1, -0.05) is 0 Å². The average molecular weight is 1890 g/mol. The van der Waals surface area contributed by atoms with E-state index < -0.39 is 229 Å². The highest BCUT2D eigenvalue weighted by Crippen LogP contribution is 2.32. The van der Waals surface area contributed by atoms with E-state index in [2.05, 4.69) is 42.5 Å². The van der Waals surface area contributed by atoms with Gasteiger partial charge in [-0.25, -0.2) is 4.79 Å². The van der Waals surface area contributed by atoms with Gasteiger partial charge in [0.1, 0.15) is 175 Å². The Balaban J connectivity index is 0.727. The maximum atomic E-state index is 12.4. The summed E-state index contributed by atoms with van der Waals surface area (Å²) >= 11 is 0. The van der Waals surface area contributed by atoms with Gasteiger partial charge in [0.2, 0.25) is 47.3 Å². The van der Waals surface area contributed by atoms with E-state index in [1.54, 1.807) is 0 Å². The van der Waals surface area contributed by atoms with Crippen LogP contribution < -0.4 is 52.0 Å². The first-order valence-electron chi connectivity index (χ1n) is 42.5. The number of ether oxygens (including phenoxy) is 21. The van der Waals surface area contributed by atoms with E-state index in [1.807, 2.05) is 0 Å². The van der Waals surface area contributed by atoms with Crippen molar-refractivity contribution in [1.29, 1.82) is 0 Å². The summed E-state index contributed by atoms with van der Waals surface area (Å²) in [5.41, 5.74) is 0.102. The fourth-order valence-electron chi connectivity index (χ4n) is 12.1. The van der Waals surface area contributed by atoms with Crippen LogP contribution in [0.15, 0.2) is 18.2 Å². The lowest BCUT2D eigenvalue weighted by Crippen LogP contribution is -2.64. The molecule has 0 aromatic heterocycles. The van der Waals surface area contributed by atoms with Crippen molar-refractivity contribution in [3.63, 3.8) is 0 Å². The van der Waals surface area contributed by atoms with Gasteiger partial charge in [-0.2, -0.15) is 0 Å². The second kappa shape index (κ2) is 67.0. The highest BCUT2D eigenvalue weighted by Gasteiger charge is 2.53. The summed E-state index contributed by atoms with van der Waals surface area (Å²) in [5.74, 6) is -4.11. The lowest BCUT2D eigenvalue weighted by molar-refractivity contribution is -0.359. The summed E-state index contributed by atoms with van der Waals surface area (Å²) in [6, 6.07) is 4.32. The maximum Gasteiger partial charge on any atom is 0.338 e. The van der Waals surface area contributed by atoms with Gasteiger partial charge in [0.05, 0.1) is 118 Å². The Morgan fingerprint density at radius 1 is 0.277 bits per heavy atom. The van der Waals surface area contributed by atoms with Crippen LogP contribution in [0.3, 0.4) is 0 Å². The molecule has 4 saturated heterocycles. The first-order chi connectivity index (χ1) is 62.7. The number of rotatable bonds is 71. The Labute approximate surface area is 748 Å². The Morgan fingerprint density at radius 2 is 0.523 bits per heavy atom. The Bertz CT molecular complexity index is 3130. The van der Waals surface area contributed by atoms with E-state index in [-0.39, 0.29) is 109 Å². The number of hydrogen-bond donors (Lipinski definition) is 22. The van der Waals surface area contributed by atoms with Gasteiger partial charge in [0.15, 0.2) is 25.2 Å². The van der Waals surface area contributed by atoms with E-state index >= 15 is 0 Å². The molecule has 4 aliphatic heterocycles. The third-order valence-corrected chi connectivity index (χ3v) is 19.0. The number of esters is 1. The second-order valence-corrected chi connectivity index (χ2v) is 29.2. The van der Waals surface area contributed by atoms with Crippen LogP contribution in [0.1, 0.15) is 48.9 Å². The number of aliphatic hydroxyl groups is 14. The predicted molar refractivity (Wildman–Crippen MR) is 433 cm³/mol. The van der Waals surface area contributed by atoms with Gasteiger partial charge in [0.25, 0.3) is 0 Å². The van der Waals surface area contributed by atoms with Crippen LogP contribution in [0.2, 0.25) is 0 Å². The summed E-state index contributed by atoms with van der Waals surface area (Å²) < 4.78 is 114. The number of carbonyl (C=O) groups excluding carboxylic acids is 9. The molecule has 1 aromatic rings. The van der Waals surface area contributed by atoms with E-state index in [0.29, 0.717) is 131 Å². The molecule has 4 heterocycles. The minimum Gasteiger partial charge on any atom is -0.492 e. The van der Waals surface area contributed by atoms with Gasteiger partial charge in [-0.15, -0.1) is 0 Å². The van der Waals surface area contributed by atoms with Gasteiger partial charge < -0.3 is 213 Å². The summed E-state index contributed by atoms with van der Waals surface area (Å²) in [4.78, 5) is 110. The molecule has 20 atom stereocenters.